The van der Waals surface area contributed by atoms with Gasteiger partial charge in [0.05, 0.1) is 6.61 Å². The Hall–Kier alpha value is -0.810. The molecule has 0 aliphatic rings. The van der Waals surface area contributed by atoms with E-state index in [9.17, 15) is 9.59 Å². The number of esters is 1. The third kappa shape index (κ3) is 19.6. The van der Waals surface area contributed by atoms with Crippen molar-refractivity contribution in [3.63, 3.8) is 0 Å². The number of carboxylic acid groups (broad SMARTS) is 1. The summed E-state index contributed by atoms with van der Waals surface area (Å²) in [5.41, 5.74) is 4.84. The molecule has 0 aromatic carbocycles. The van der Waals surface area contributed by atoms with E-state index >= 15 is 0 Å². The summed E-state index contributed by atoms with van der Waals surface area (Å²) in [7, 11) is 0. The Morgan fingerprint density at radius 2 is 1.80 bits per heavy atom. The molecule has 0 aliphatic carbocycles. The highest BCUT2D eigenvalue weighted by Gasteiger charge is 1.99. The molecule has 0 unspecified atom stereocenters. The molecule has 5 nitrogen and oxygen atoms in total. The van der Waals surface area contributed by atoms with Gasteiger partial charge in [-0.25, -0.2) is 0 Å². The predicted octanol–water partition coefficient (Wildman–Crippen LogP) is 1.19. The highest BCUT2D eigenvalue weighted by molar-refractivity contribution is 5.85. The van der Waals surface area contributed by atoms with Gasteiger partial charge in [0.15, 0.2) is 0 Å². The van der Waals surface area contributed by atoms with E-state index in [1.165, 1.54) is 6.92 Å². The molecule has 1 atom stereocenters. The van der Waals surface area contributed by atoms with Crippen LogP contribution in [0.2, 0.25) is 0 Å². The minimum absolute atomic E-state index is 0. The number of nitrogens with two attached hydrogens (primary N) is 1. The molecule has 0 spiro atoms. The lowest BCUT2D eigenvalue weighted by Crippen LogP contribution is -2.25. The third-order valence-electron chi connectivity index (χ3n) is 1.15. The molecule has 0 aromatic heterocycles. The van der Waals surface area contributed by atoms with Crippen LogP contribution in [0.25, 0.3) is 0 Å². The number of carboxylic acids is 1. The summed E-state index contributed by atoms with van der Waals surface area (Å²) in [6, 6.07) is -0.731. The number of carbonyl (C=O) groups excluding carboxylic acids is 1. The highest BCUT2D eigenvalue weighted by Crippen LogP contribution is 1.89. The minimum atomic E-state index is -0.963. The summed E-state index contributed by atoms with van der Waals surface area (Å²) in [4.78, 5) is 20.0. The van der Waals surface area contributed by atoms with Gasteiger partial charge in [-0.1, -0.05) is 6.92 Å². The summed E-state index contributed by atoms with van der Waals surface area (Å²) >= 11 is 0. The average molecular weight is 242 g/mol. The van der Waals surface area contributed by atoms with Crippen LogP contribution in [0.5, 0.6) is 0 Å². The second-order valence-corrected chi connectivity index (χ2v) is 2.68. The lowest BCUT2D eigenvalue weighted by atomic mass is 10.3. The van der Waals surface area contributed by atoms with Gasteiger partial charge in [-0.05, 0) is 20.3 Å². The summed E-state index contributed by atoms with van der Waals surface area (Å²) < 4.78 is 4.64. The largest absolute Gasteiger partial charge is 0.480 e. The zero-order valence-corrected chi connectivity index (χ0v) is 10.2. The molecule has 0 bridgehead atoms. The van der Waals surface area contributed by atoms with Gasteiger partial charge in [-0.3, -0.25) is 9.59 Å². The maximum atomic E-state index is 10.4. The predicted molar refractivity (Wildman–Crippen MR) is 60.1 cm³/mol. The molecule has 0 radical (unpaired) electrons. The molecule has 92 valence electrons. The fourth-order valence-electron chi connectivity index (χ4n) is 0.437. The van der Waals surface area contributed by atoms with Gasteiger partial charge in [-0.2, -0.15) is 0 Å². The van der Waals surface area contributed by atoms with E-state index in [1.54, 1.807) is 0 Å². The standard InChI is InChI=1S/C6H12O2.C3H7NO2.ClH/c1-3-5-6(7)8-4-2;1-2(4)3(5)6;/h3-5H2,1-2H3;2H,4H2,1H3,(H,5,6);1H/t;2-;/m.0./s1. The number of hydrogen-bond acceptors (Lipinski definition) is 4. The summed E-state index contributed by atoms with van der Waals surface area (Å²) in [6.45, 7) is 5.69. The molecule has 0 saturated heterocycles. The van der Waals surface area contributed by atoms with Crippen LogP contribution in [0.15, 0.2) is 0 Å². The Kier molecular flexibility index (Phi) is 17.3. The second kappa shape index (κ2) is 13.2. The van der Waals surface area contributed by atoms with Crippen molar-refractivity contribution in [2.45, 2.75) is 39.7 Å². The molecule has 0 rings (SSSR count). The van der Waals surface area contributed by atoms with E-state index < -0.39 is 12.0 Å². The number of ether oxygens (including phenoxy) is 1. The lowest BCUT2D eigenvalue weighted by Gasteiger charge is -1.96. The lowest BCUT2D eigenvalue weighted by molar-refractivity contribution is -0.143. The summed E-state index contributed by atoms with van der Waals surface area (Å²) in [5.74, 6) is -1.05. The fraction of sp³-hybridized carbons (Fsp3) is 0.778. The molecule has 0 amide bonds. The van der Waals surface area contributed by atoms with Crippen LogP contribution in [0.3, 0.4) is 0 Å². The fourth-order valence-corrected chi connectivity index (χ4v) is 0.437. The zero-order chi connectivity index (χ0) is 11.6. The monoisotopic (exact) mass is 241 g/mol. The van der Waals surface area contributed by atoms with E-state index in [1.807, 2.05) is 13.8 Å². The van der Waals surface area contributed by atoms with Gasteiger partial charge < -0.3 is 15.6 Å². The molecule has 0 fully saturated rings. The first-order valence-electron chi connectivity index (χ1n) is 4.59. The van der Waals surface area contributed by atoms with E-state index in [0.29, 0.717) is 13.0 Å². The van der Waals surface area contributed by atoms with Gasteiger partial charge in [0.25, 0.3) is 0 Å². The zero-order valence-electron chi connectivity index (χ0n) is 9.36. The molecule has 0 heterocycles. The first kappa shape index (κ1) is 19.7. The molecule has 3 N–H and O–H groups in total. The van der Waals surface area contributed by atoms with Crippen LogP contribution in [0.4, 0.5) is 0 Å². The van der Waals surface area contributed by atoms with Crippen molar-refractivity contribution in [2.24, 2.45) is 5.73 Å². The molecular weight excluding hydrogens is 222 g/mol. The SMILES string of the molecule is CCCC(=O)OCC.C[C@H](N)C(=O)O.Cl. The van der Waals surface area contributed by atoms with Crippen LogP contribution in [0.1, 0.15) is 33.6 Å². The van der Waals surface area contributed by atoms with Crippen molar-refractivity contribution < 1.29 is 19.4 Å². The first-order chi connectivity index (χ1) is 6.45. The van der Waals surface area contributed by atoms with Crippen LogP contribution in [-0.4, -0.2) is 29.7 Å². The molecule has 0 aromatic rings. The topological polar surface area (TPSA) is 89.6 Å². The molecular formula is C9H20ClNO4. The number of hydrogen-bond donors (Lipinski definition) is 2. The number of rotatable bonds is 4. The van der Waals surface area contributed by atoms with E-state index in [2.05, 4.69) is 4.74 Å². The molecule has 0 saturated carbocycles. The summed E-state index contributed by atoms with van der Waals surface area (Å²) in [5, 5.41) is 7.87. The van der Waals surface area contributed by atoms with E-state index in [-0.39, 0.29) is 18.4 Å². The Morgan fingerprint density at radius 3 is 2.00 bits per heavy atom. The van der Waals surface area contributed by atoms with Gasteiger partial charge in [0.1, 0.15) is 6.04 Å². The van der Waals surface area contributed by atoms with E-state index in [0.717, 1.165) is 6.42 Å². The Labute approximate surface area is 96.4 Å². The van der Waals surface area contributed by atoms with Crippen molar-refractivity contribution in [1.29, 1.82) is 0 Å². The maximum absolute atomic E-state index is 10.4. The van der Waals surface area contributed by atoms with Crippen LogP contribution >= 0.6 is 12.4 Å². The van der Waals surface area contributed by atoms with Crippen molar-refractivity contribution in [2.75, 3.05) is 6.61 Å². The first-order valence-corrected chi connectivity index (χ1v) is 4.59. The van der Waals surface area contributed by atoms with Crippen molar-refractivity contribution in [3.8, 4) is 0 Å². The van der Waals surface area contributed by atoms with Gasteiger partial charge in [0.2, 0.25) is 0 Å². The third-order valence-corrected chi connectivity index (χ3v) is 1.15. The van der Waals surface area contributed by atoms with Gasteiger partial charge in [-0.15, -0.1) is 12.4 Å². The smallest absolute Gasteiger partial charge is 0.320 e. The number of aliphatic carboxylic acids is 1. The van der Waals surface area contributed by atoms with Gasteiger partial charge >= 0.3 is 11.9 Å². The van der Waals surface area contributed by atoms with Crippen molar-refractivity contribution in [3.05, 3.63) is 0 Å². The maximum Gasteiger partial charge on any atom is 0.320 e. The number of carbonyl (C=O) groups is 2. The molecule has 15 heavy (non-hydrogen) atoms. The second-order valence-electron chi connectivity index (χ2n) is 2.68. The number of halogens is 1. The normalized spacial score (nSPS) is 10.1. The van der Waals surface area contributed by atoms with Crippen LogP contribution in [0, 0.1) is 0 Å². The van der Waals surface area contributed by atoms with Gasteiger partial charge in [0, 0.05) is 6.42 Å². The van der Waals surface area contributed by atoms with Crippen LogP contribution < -0.4 is 5.73 Å². The Morgan fingerprint density at radius 1 is 1.40 bits per heavy atom. The summed E-state index contributed by atoms with van der Waals surface area (Å²) in [6.07, 6.45) is 1.42. The molecule has 0 aliphatic heterocycles. The average Bonchev–Trinajstić information content (AvgIpc) is 2.06. The van der Waals surface area contributed by atoms with Crippen LogP contribution in [-0.2, 0) is 14.3 Å². The molecule has 6 heteroatoms. The van der Waals surface area contributed by atoms with Crippen molar-refractivity contribution >= 4 is 24.3 Å². The quantitative estimate of drug-likeness (QED) is 0.722. The van der Waals surface area contributed by atoms with Crippen molar-refractivity contribution in [1.82, 2.24) is 0 Å². The van der Waals surface area contributed by atoms with E-state index in [4.69, 9.17) is 10.8 Å². The minimum Gasteiger partial charge on any atom is -0.480 e. The Bertz CT molecular complexity index is 165. The Balaban J connectivity index is -0.000000187. The highest BCUT2D eigenvalue weighted by atomic mass is 35.5.